The summed E-state index contributed by atoms with van der Waals surface area (Å²) in [5, 5.41) is 4.38. The van der Waals surface area contributed by atoms with Crippen LogP contribution >= 0.6 is 0 Å². The lowest BCUT2D eigenvalue weighted by molar-refractivity contribution is 0.760. The molecular formula is C13H19N5. The molecule has 18 heavy (non-hydrogen) atoms. The minimum Gasteiger partial charge on any atom is -0.370 e. The predicted octanol–water partition coefficient (Wildman–Crippen LogP) is 1.65. The van der Waals surface area contributed by atoms with Crippen molar-refractivity contribution >= 4 is 11.5 Å². The second-order valence-corrected chi connectivity index (χ2v) is 4.37. The number of aryl methyl sites for hydroxylation is 2. The van der Waals surface area contributed by atoms with Crippen LogP contribution in [-0.4, -0.2) is 16.8 Å². The third kappa shape index (κ3) is 2.31. The lowest BCUT2D eigenvalue weighted by atomic mass is 10.2. The summed E-state index contributed by atoms with van der Waals surface area (Å²) < 4.78 is 1.77. The van der Waals surface area contributed by atoms with Crippen molar-refractivity contribution in [1.82, 2.24) is 9.78 Å². The van der Waals surface area contributed by atoms with Crippen LogP contribution < -0.4 is 16.2 Å². The summed E-state index contributed by atoms with van der Waals surface area (Å²) in [5.41, 5.74) is 6.00. The summed E-state index contributed by atoms with van der Waals surface area (Å²) in [7, 11) is 3.94. The Hall–Kier alpha value is -2.01. The molecular weight excluding hydrogens is 226 g/mol. The van der Waals surface area contributed by atoms with Gasteiger partial charge in [0.15, 0.2) is 0 Å². The van der Waals surface area contributed by atoms with Crippen molar-refractivity contribution in [2.45, 2.75) is 13.5 Å². The van der Waals surface area contributed by atoms with Crippen LogP contribution in [0.1, 0.15) is 11.3 Å². The number of nitrogens with two attached hydrogens (primary N) is 1. The topological polar surface area (TPSA) is 59.1 Å². The van der Waals surface area contributed by atoms with Crippen molar-refractivity contribution in [2.75, 3.05) is 17.4 Å². The molecule has 0 spiro atoms. The molecule has 96 valence electrons. The second-order valence-electron chi connectivity index (χ2n) is 4.37. The number of nitrogens with zero attached hydrogens (tertiary/aromatic N) is 3. The van der Waals surface area contributed by atoms with Crippen molar-refractivity contribution in [3.8, 4) is 0 Å². The average Bonchev–Trinajstić information content (AvgIpc) is 2.64. The van der Waals surface area contributed by atoms with Gasteiger partial charge in [-0.05, 0) is 19.1 Å². The monoisotopic (exact) mass is 245 g/mol. The van der Waals surface area contributed by atoms with Crippen molar-refractivity contribution in [3.63, 3.8) is 0 Å². The number of nitrogens with one attached hydrogen (secondary N) is 1. The van der Waals surface area contributed by atoms with Crippen LogP contribution in [0.4, 0.5) is 11.5 Å². The highest BCUT2D eigenvalue weighted by Crippen LogP contribution is 2.22. The molecule has 0 atom stereocenters. The van der Waals surface area contributed by atoms with Crippen molar-refractivity contribution in [3.05, 3.63) is 41.6 Å². The number of benzene rings is 1. The summed E-state index contributed by atoms with van der Waals surface area (Å²) in [6.45, 7) is 2.76. The van der Waals surface area contributed by atoms with Crippen molar-refractivity contribution in [2.24, 2.45) is 12.9 Å². The van der Waals surface area contributed by atoms with Crippen LogP contribution in [-0.2, 0) is 13.6 Å². The fourth-order valence-electron chi connectivity index (χ4n) is 2.08. The normalized spacial score (nSPS) is 10.4. The number of hydrazine groups is 1. The Bertz CT molecular complexity index is 518. The third-order valence-electron chi connectivity index (χ3n) is 3.08. The molecule has 0 fully saturated rings. The first-order valence-corrected chi connectivity index (χ1v) is 5.88. The number of hydrogen-bond donors (Lipinski definition) is 2. The molecule has 0 aliphatic carbocycles. The molecule has 1 heterocycles. The van der Waals surface area contributed by atoms with E-state index in [0.29, 0.717) is 0 Å². The summed E-state index contributed by atoms with van der Waals surface area (Å²) in [4.78, 5) is 2.17. The van der Waals surface area contributed by atoms with E-state index in [1.165, 1.54) is 5.69 Å². The maximum Gasteiger partial charge on any atom is 0.143 e. The maximum absolute atomic E-state index is 5.55. The molecule has 3 N–H and O–H groups in total. The fourth-order valence-corrected chi connectivity index (χ4v) is 2.08. The zero-order valence-corrected chi connectivity index (χ0v) is 11.0. The lowest BCUT2D eigenvalue weighted by Gasteiger charge is -2.19. The first-order chi connectivity index (χ1) is 8.63. The average molecular weight is 245 g/mol. The van der Waals surface area contributed by atoms with Gasteiger partial charge in [-0.2, -0.15) is 5.10 Å². The highest BCUT2D eigenvalue weighted by molar-refractivity contribution is 5.51. The van der Waals surface area contributed by atoms with E-state index in [4.69, 9.17) is 5.84 Å². The van der Waals surface area contributed by atoms with Crippen LogP contribution in [0.3, 0.4) is 0 Å². The number of anilines is 2. The van der Waals surface area contributed by atoms with Crippen LogP contribution in [0.15, 0.2) is 30.3 Å². The zero-order chi connectivity index (χ0) is 13.1. The van der Waals surface area contributed by atoms with Crippen molar-refractivity contribution in [1.29, 1.82) is 0 Å². The minimum atomic E-state index is 0.767. The van der Waals surface area contributed by atoms with E-state index in [0.717, 1.165) is 23.6 Å². The largest absolute Gasteiger partial charge is 0.370 e. The molecule has 0 bridgehead atoms. The third-order valence-corrected chi connectivity index (χ3v) is 3.08. The molecule has 0 saturated carbocycles. The molecule has 0 saturated heterocycles. The van der Waals surface area contributed by atoms with Gasteiger partial charge >= 0.3 is 0 Å². The molecule has 2 rings (SSSR count). The van der Waals surface area contributed by atoms with Gasteiger partial charge in [0.2, 0.25) is 0 Å². The van der Waals surface area contributed by atoms with Crippen LogP contribution in [0.2, 0.25) is 0 Å². The number of rotatable bonds is 4. The van der Waals surface area contributed by atoms with Crippen LogP contribution in [0.5, 0.6) is 0 Å². The van der Waals surface area contributed by atoms with E-state index in [9.17, 15) is 0 Å². The van der Waals surface area contributed by atoms with Gasteiger partial charge in [0.05, 0.1) is 5.69 Å². The molecule has 0 radical (unpaired) electrons. The summed E-state index contributed by atoms with van der Waals surface area (Å²) >= 11 is 0. The number of hydrogen-bond acceptors (Lipinski definition) is 4. The van der Waals surface area contributed by atoms with Gasteiger partial charge in [-0.1, -0.05) is 18.2 Å². The first kappa shape index (κ1) is 12.4. The van der Waals surface area contributed by atoms with Gasteiger partial charge < -0.3 is 10.3 Å². The maximum atomic E-state index is 5.55. The Balaban J connectivity index is 2.24. The molecule has 0 amide bonds. The smallest absolute Gasteiger partial charge is 0.143 e. The number of aromatic nitrogens is 2. The highest BCUT2D eigenvalue weighted by atomic mass is 15.4. The molecule has 5 nitrogen and oxygen atoms in total. The van der Waals surface area contributed by atoms with Gasteiger partial charge in [-0.3, -0.25) is 4.68 Å². The van der Waals surface area contributed by atoms with Crippen LogP contribution in [0, 0.1) is 6.92 Å². The number of para-hydroxylation sites is 1. The van der Waals surface area contributed by atoms with E-state index < -0.39 is 0 Å². The molecule has 0 aliphatic rings. The Morgan fingerprint density at radius 2 is 2.00 bits per heavy atom. The van der Waals surface area contributed by atoms with E-state index >= 15 is 0 Å². The summed E-state index contributed by atoms with van der Waals surface area (Å²) in [5.74, 6) is 6.41. The molecule has 1 aromatic heterocycles. The Labute approximate surface area is 107 Å². The summed E-state index contributed by atoms with van der Waals surface area (Å²) in [6.07, 6.45) is 0. The van der Waals surface area contributed by atoms with Crippen LogP contribution in [0.25, 0.3) is 0 Å². The molecule has 0 aliphatic heterocycles. The Morgan fingerprint density at radius 1 is 1.33 bits per heavy atom. The van der Waals surface area contributed by atoms with E-state index in [1.807, 2.05) is 32.2 Å². The van der Waals surface area contributed by atoms with Gasteiger partial charge in [0, 0.05) is 31.9 Å². The lowest BCUT2D eigenvalue weighted by Crippen LogP contribution is -2.19. The van der Waals surface area contributed by atoms with Gasteiger partial charge in [0.25, 0.3) is 0 Å². The van der Waals surface area contributed by atoms with Gasteiger partial charge in [-0.15, -0.1) is 0 Å². The molecule has 0 unspecified atom stereocenters. The van der Waals surface area contributed by atoms with Crippen molar-refractivity contribution < 1.29 is 0 Å². The van der Waals surface area contributed by atoms with E-state index in [-0.39, 0.29) is 0 Å². The highest BCUT2D eigenvalue weighted by Gasteiger charge is 2.14. The molecule has 5 heteroatoms. The zero-order valence-electron chi connectivity index (χ0n) is 11.0. The van der Waals surface area contributed by atoms with E-state index in [1.54, 1.807) is 4.68 Å². The molecule has 1 aromatic carbocycles. The second kappa shape index (κ2) is 5.10. The van der Waals surface area contributed by atoms with Gasteiger partial charge in [-0.25, -0.2) is 5.84 Å². The SMILES string of the molecule is Cc1nn(C)c(NN)c1CN(C)c1ccccc1. The number of nitrogen functional groups attached to an aromatic ring is 1. The molecule has 2 aromatic rings. The fraction of sp³-hybridized carbons (Fsp3) is 0.308. The predicted molar refractivity (Wildman–Crippen MR) is 74.3 cm³/mol. The minimum absolute atomic E-state index is 0.767. The Kier molecular flexibility index (Phi) is 3.53. The van der Waals surface area contributed by atoms with Gasteiger partial charge in [0.1, 0.15) is 5.82 Å². The standard InChI is InChI=1S/C13H19N5/c1-10-12(13(15-14)18(3)16-10)9-17(2)11-7-5-4-6-8-11/h4-8,15H,9,14H2,1-3H3. The summed E-state index contributed by atoms with van der Waals surface area (Å²) in [6, 6.07) is 10.2. The van der Waals surface area contributed by atoms with E-state index in [2.05, 4.69) is 34.6 Å². The first-order valence-electron chi connectivity index (χ1n) is 5.88. The Morgan fingerprint density at radius 3 is 2.61 bits per heavy atom. The quantitative estimate of drug-likeness (QED) is 0.635.